The zero-order chi connectivity index (χ0) is 28.1. The Morgan fingerprint density at radius 2 is 1.88 bits per heavy atom. The zero-order valence-corrected chi connectivity index (χ0v) is 24.8. The molecule has 0 fully saturated rings. The Balaban J connectivity index is 1.52. The molecular formula is C30H26BrN3O5S. The van der Waals surface area contributed by atoms with Gasteiger partial charge in [-0.25, -0.2) is 9.79 Å². The van der Waals surface area contributed by atoms with E-state index < -0.39 is 12.0 Å². The maximum Gasteiger partial charge on any atom is 0.338 e. The highest BCUT2D eigenvalue weighted by atomic mass is 79.9. The fraction of sp³-hybridized carbons (Fsp3) is 0.233. The number of hydrogen-bond donors (Lipinski definition) is 0. The van der Waals surface area contributed by atoms with Gasteiger partial charge >= 0.3 is 5.97 Å². The Kier molecular flexibility index (Phi) is 6.75. The van der Waals surface area contributed by atoms with Crippen molar-refractivity contribution < 1.29 is 19.0 Å². The molecule has 2 aromatic carbocycles. The van der Waals surface area contributed by atoms with Crippen LogP contribution in [0, 0.1) is 13.8 Å². The second-order valence-electron chi connectivity index (χ2n) is 9.55. The van der Waals surface area contributed by atoms with Crippen LogP contribution in [0.3, 0.4) is 0 Å². The third-order valence-corrected chi connectivity index (χ3v) is 8.58. The molecule has 10 heteroatoms. The average molecular weight is 621 g/mol. The normalized spacial score (nSPS) is 16.2. The molecule has 40 heavy (non-hydrogen) atoms. The summed E-state index contributed by atoms with van der Waals surface area (Å²) in [7, 11) is 0. The van der Waals surface area contributed by atoms with Gasteiger partial charge in [0.25, 0.3) is 5.56 Å². The number of carbonyl (C=O) groups is 1. The number of rotatable bonds is 5. The minimum Gasteiger partial charge on any atom is -0.463 e. The molecule has 0 saturated heterocycles. The van der Waals surface area contributed by atoms with E-state index in [1.54, 1.807) is 24.5 Å². The minimum absolute atomic E-state index is 0.125. The lowest BCUT2D eigenvalue weighted by Gasteiger charge is -2.24. The van der Waals surface area contributed by atoms with E-state index in [4.69, 9.17) is 14.2 Å². The van der Waals surface area contributed by atoms with Gasteiger partial charge in [0.1, 0.15) is 0 Å². The topological polar surface area (TPSA) is 84.1 Å². The van der Waals surface area contributed by atoms with Crippen LogP contribution < -0.4 is 24.4 Å². The van der Waals surface area contributed by atoms with Gasteiger partial charge in [0.05, 0.1) is 28.5 Å². The van der Waals surface area contributed by atoms with Crippen LogP contribution in [0.25, 0.3) is 11.8 Å². The van der Waals surface area contributed by atoms with Crippen molar-refractivity contribution in [3.8, 4) is 17.2 Å². The molecule has 4 aromatic rings. The van der Waals surface area contributed by atoms with Crippen LogP contribution in [0.4, 0.5) is 0 Å². The van der Waals surface area contributed by atoms with Crippen LogP contribution >= 0.6 is 27.3 Å². The molecule has 0 radical (unpaired) electrons. The molecule has 0 saturated carbocycles. The summed E-state index contributed by atoms with van der Waals surface area (Å²) in [6.07, 6.45) is 1.90. The van der Waals surface area contributed by atoms with Gasteiger partial charge in [0.15, 0.2) is 16.3 Å². The Hall–Kier alpha value is -3.89. The first-order valence-corrected chi connectivity index (χ1v) is 14.4. The first kappa shape index (κ1) is 26.3. The lowest BCUT2D eigenvalue weighted by Crippen LogP contribution is -2.39. The highest BCUT2D eigenvalue weighted by molar-refractivity contribution is 9.10. The van der Waals surface area contributed by atoms with Crippen LogP contribution in [0.5, 0.6) is 11.5 Å². The third kappa shape index (κ3) is 4.41. The Bertz CT molecular complexity index is 1880. The number of esters is 1. The molecule has 8 nitrogen and oxygen atoms in total. The molecule has 1 atom stereocenters. The number of thiazole rings is 1. The molecular weight excluding hydrogens is 594 g/mol. The molecule has 0 amide bonds. The van der Waals surface area contributed by atoms with Gasteiger partial charge in [-0.1, -0.05) is 33.3 Å². The summed E-state index contributed by atoms with van der Waals surface area (Å²) in [5, 5.41) is 0. The summed E-state index contributed by atoms with van der Waals surface area (Å²) >= 11 is 4.80. The van der Waals surface area contributed by atoms with Gasteiger partial charge in [-0.05, 0) is 87.4 Å². The van der Waals surface area contributed by atoms with Gasteiger partial charge in [-0.3, -0.25) is 9.36 Å². The van der Waals surface area contributed by atoms with Crippen molar-refractivity contribution in [2.45, 2.75) is 33.7 Å². The molecule has 0 N–H and O–H groups in total. The van der Waals surface area contributed by atoms with Gasteiger partial charge < -0.3 is 18.8 Å². The summed E-state index contributed by atoms with van der Waals surface area (Å²) in [5.41, 5.74) is 5.37. The zero-order valence-electron chi connectivity index (χ0n) is 22.4. The molecule has 6 rings (SSSR count). The number of fused-ring (bicyclic) bond motifs is 2. The van der Waals surface area contributed by atoms with Gasteiger partial charge in [-0.2, -0.15) is 0 Å². The largest absolute Gasteiger partial charge is 0.463 e. The Morgan fingerprint density at radius 1 is 1.12 bits per heavy atom. The highest BCUT2D eigenvalue weighted by Crippen LogP contribution is 2.38. The van der Waals surface area contributed by atoms with Gasteiger partial charge in [0, 0.05) is 21.5 Å². The first-order valence-electron chi connectivity index (χ1n) is 12.8. The summed E-state index contributed by atoms with van der Waals surface area (Å²) in [4.78, 5) is 32.4. The molecule has 0 unspecified atom stereocenters. The van der Waals surface area contributed by atoms with Crippen LogP contribution in [0.1, 0.15) is 42.4 Å². The van der Waals surface area contributed by atoms with Crippen LogP contribution in [0.15, 0.2) is 74.1 Å². The van der Waals surface area contributed by atoms with Crippen LogP contribution in [-0.4, -0.2) is 28.5 Å². The van der Waals surface area contributed by atoms with Crippen molar-refractivity contribution in [1.82, 2.24) is 9.13 Å². The van der Waals surface area contributed by atoms with E-state index in [0.717, 1.165) is 27.1 Å². The number of benzene rings is 2. The first-order chi connectivity index (χ1) is 19.3. The van der Waals surface area contributed by atoms with Crippen molar-refractivity contribution in [2.75, 3.05) is 13.4 Å². The maximum atomic E-state index is 14.0. The van der Waals surface area contributed by atoms with E-state index in [2.05, 4.69) is 31.6 Å². The predicted molar refractivity (Wildman–Crippen MR) is 156 cm³/mol. The number of carbonyl (C=O) groups excluding carboxylic acids is 1. The standard InChI is InChI=1S/C30H26BrN3O5S/c1-5-37-29(36)26-17(3)32-30-34(27(26)19-6-11-23-24(13-19)39-15-38-23)28(35)25(40-30)14-20-12-16(2)33(18(20)4)22-9-7-21(31)8-10-22/h6-14,27H,5,15H2,1-4H3/b25-14+/t27-/m1/s1. The second kappa shape index (κ2) is 10.3. The van der Waals surface area contributed by atoms with Crippen LogP contribution in [-0.2, 0) is 9.53 Å². The lowest BCUT2D eigenvalue weighted by atomic mass is 9.95. The lowest BCUT2D eigenvalue weighted by molar-refractivity contribution is -0.139. The fourth-order valence-electron chi connectivity index (χ4n) is 5.25. The summed E-state index contributed by atoms with van der Waals surface area (Å²) in [6, 6.07) is 14.9. The number of aromatic nitrogens is 2. The molecule has 0 spiro atoms. The van der Waals surface area contributed by atoms with Crippen LogP contribution in [0.2, 0.25) is 0 Å². The Morgan fingerprint density at radius 3 is 2.62 bits per heavy atom. The monoisotopic (exact) mass is 619 g/mol. The smallest absolute Gasteiger partial charge is 0.338 e. The van der Waals surface area contributed by atoms with E-state index >= 15 is 0 Å². The molecule has 0 aliphatic carbocycles. The maximum absolute atomic E-state index is 14.0. The van der Waals surface area contributed by atoms with Crippen molar-refractivity contribution in [2.24, 2.45) is 4.99 Å². The number of halogens is 1. The quantitative estimate of drug-likeness (QED) is 0.303. The molecule has 2 aliphatic heterocycles. The summed E-state index contributed by atoms with van der Waals surface area (Å²) in [5.74, 6) is 0.687. The SMILES string of the molecule is CCOC(=O)C1=C(C)N=c2s/c(=C/c3cc(C)n(-c4ccc(Br)cc4)c3C)c(=O)n2[C@@H]1c1ccc2c(c1)OCO2. The van der Waals surface area contributed by atoms with Gasteiger partial charge in [-0.15, -0.1) is 0 Å². The van der Waals surface area contributed by atoms with Crippen molar-refractivity contribution in [1.29, 1.82) is 0 Å². The number of aryl methyl sites for hydroxylation is 1. The summed E-state index contributed by atoms with van der Waals surface area (Å²) in [6.45, 7) is 7.94. The molecule has 0 bridgehead atoms. The third-order valence-electron chi connectivity index (χ3n) is 7.07. The molecule has 204 valence electrons. The predicted octanol–water partition coefficient (Wildman–Crippen LogP) is 4.70. The minimum atomic E-state index is -0.720. The summed E-state index contributed by atoms with van der Waals surface area (Å²) < 4.78 is 21.8. The second-order valence-corrected chi connectivity index (χ2v) is 11.5. The molecule has 2 aromatic heterocycles. The fourth-order valence-corrected chi connectivity index (χ4v) is 6.55. The number of ether oxygens (including phenoxy) is 3. The highest BCUT2D eigenvalue weighted by Gasteiger charge is 2.34. The van der Waals surface area contributed by atoms with E-state index in [9.17, 15) is 9.59 Å². The van der Waals surface area contributed by atoms with Crippen molar-refractivity contribution in [3.63, 3.8) is 0 Å². The Labute approximate surface area is 242 Å². The van der Waals surface area contributed by atoms with E-state index in [1.807, 2.05) is 56.3 Å². The molecule has 4 heterocycles. The average Bonchev–Trinajstić information content (AvgIpc) is 3.59. The molecule has 2 aliphatic rings. The van der Waals surface area contributed by atoms with E-state index in [-0.39, 0.29) is 19.0 Å². The number of hydrogen-bond acceptors (Lipinski definition) is 7. The van der Waals surface area contributed by atoms with Crippen molar-refractivity contribution in [3.05, 3.63) is 106 Å². The number of allylic oxidation sites excluding steroid dienone is 1. The van der Waals surface area contributed by atoms with Gasteiger partial charge in [0.2, 0.25) is 6.79 Å². The van der Waals surface area contributed by atoms with E-state index in [1.165, 1.54) is 11.3 Å². The van der Waals surface area contributed by atoms with E-state index in [0.29, 0.717) is 37.7 Å². The number of nitrogens with zero attached hydrogens (tertiary/aromatic N) is 3. The van der Waals surface area contributed by atoms with Crippen molar-refractivity contribution >= 4 is 39.3 Å².